The number of hydrogen-bond acceptors (Lipinski definition) is 7. The van der Waals surface area contributed by atoms with E-state index in [4.69, 9.17) is 23.2 Å². The van der Waals surface area contributed by atoms with Crippen LogP contribution in [0.2, 0.25) is 10.0 Å². The number of aromatic nitrogens is 5. The number of halogens is 2. The summed E-state index contributed by atoms with van der Waals surface area (Å²) in [6.45, 7) is 2.69. The zero-order valence-electron chi connectivity index (χ0n) is 14.1. The predicted molar refractivity (Wildman–Crippen MR) is 105 cm³/mol. The number of pyridine rings is 1. The Hall–Kier alpha value is -2.10. The summed E-state index contributed by atoms with van der Waals surface area (Å²) in [6.07, 6.45) is 5.13. The van der Waals surface area contributed by atoms with E-state index in [0.717, 1.165) is 0 Å². The molecule has 8 nitrogen and oxygen atoms in total. The zero-order valence-corrected chi connectivity index (χ0v) is 16.5. The van der Waals surface area contributed by atoms with Gasteiger partial charge in [-0.2, -0.15) is 0 Å². The van der Waals surface area contributed by atoms with Gasteiger partial charge in [-0.1, -0.05) is 35.0 Å². The molecule has 0 saturated carbocycles. The van der Waals surface area contributed by atoms with Gasteiger partial charge >= 0.3 is 0 Å². The van der Waals surface area contributed by atoms with Crippen LogP contribution in [0.25, 0.3) is 5.65 Å². The molecule has 4 rings (SSSR count). The minimum absolute atomic E-state index is 0.0542. The SMILES string of the molecule is O=C(CSc1nnc2c(Cl)cc(Cl)cn12)N1CCN(c2ncccn2)CC1. The maximum Gasteiger partial charge on any atom is 0.233 e. The minimum atomic E-state index is 0.0542. The average molecular weight is 424 g/mol. The van der Waals surface area contributed by atoms with Crippen LogP contribution in [0.3, 0.4) is 0 Å². The molecular weight excluding hydrogens is 409 g/mol. The van der Waals surface area contributed by atoms with Crippen LogP contribution < -0.4 is 4.90 Å². The summed E-state index contributed by atoms with van der Waals surface area (Å²) in [5.41, 5.74) is 0.521. The molecule has 3 aromatic rings. The third-order valence-corrected chi connectivity index (χ3v) is 5.60. The Morgan fingerprint density at radius 2 is 1.85 bits per heavy atom. The van der Waals surface area contributed by atoms with Crippen LogP contribution in [0.4, 0.5) is 5.95 Å². The van der Waals surface area contributed by atoms with Crippen LogP contribution in [0.5, 0.6) is 0 Å². The molecular formula is C16H15Cl2N7OS. The van der Waals surface area contributed by atoms with Crippen LogP contribution in [-0.2, 0) is 4.79 Å². The van der Waals surface area contributed by atoms with Gasteiger partial charge in [-0.25, -0.2) is 9.97 Å². The largest absolute Gasteiger partial charge is 0.338 e. The van der Waals surface area contributed by atoms with Gasteiger partial charge in [0, 0.05) is 44.8 Å². The third kappa shape index (κ3) is 3.95. The van der Waals surface area contributed by atoms with Crippen molar-refractivity contribution in [2.24, 2.45) is 0 Å². The lowest BCUT2D eigenvalue weighted by atomic mass is 10.3. The van der Waals surface area contributed by atoms with E-state index in [0.29, 0.717) is 53.0 Å². The van der Waals surface area contributed by atoms with E-state index in [-0.39, 0.29) is 11.7 Å². The van der Waals surface area contributed by atoms with Crippen molar-refractivity contribution in [3.05, 3.63) is 40.8 Å². The number of rotatable bonds is 4. The first-order chi connectivity index (χ1) is 13.1. The normalized spacial score (nSPS) is 14.7. The van der Waals surface area contributed by atoms with E-state index in [1.807, 2.05) is 4.90 Å². The van der Waals surface area contributed by atoms with Crippen molar-refractivity contribution in [1.82, 2.24) is 29.5 Å². The molecule has 0 aliphatic carbocycles. The summed E-state index contributed by atoms with van der Waals surface area (Å²) in [5, 5.41) is 9.64. The molecule has 1 saturated heterocycles. The van der Waals surface area contributed by atoms with Gasteiger partial charge in [0.15, 0.2) is 10.8 Å². The Labute approximate surface area is 169 Å². The van der Waals surface area contributed by atoms with Crippen molar-refractivity contribution < 1.29 is 4.79 Å². The molecule has 11 heteroatoms. The van der Waals surface area contributed by atoms with E-state index in [2.05, 4.69) is 25.1 Å². The van der Waals surface area contributed by atoms with Gasteiger partial charge in [-0.05, 0) is 12.1 Å². The summed E-state index contributed by atoms with van der Waals surface area (Å²) >= 11 is 13.5. The fourth-order valence-corrected chi connectivity index (χ4v) is 4.15. The van der Waals surface area contributed by atoms with Gasteiger partial charge in [0.25, 0.3) is 0 Å². The summed E-state index contributed by atoms with van der Waals surface area (Å²) in [7, 11) is 0. The Morgan fingerprint density at radius 1 is 1.11 bits per heavy atom. The van der Waals surface area contributed by atoms with Crippen molar-refractivity contribution in [3.8, 4) is 0 Å². The number of fused-ring (bicyclic) bond motifs is 1. The first-order valence-corrected chi connectivity index (χ1v) is 9.98. The molecule has 0 atom stereocenters. The van der Waals surface area contributed by atoms with Crippen molar-refractivity contribution in [2.75, 3.05) is 36.8 Å². The van der Waals surface area contributed by atoms with E-state index in [1.165, 1.54) is 11.8 Å². The summed E-state index contributed by atoms with van der Waals surface area (Å²) in [6, 6.07) is 3.40. The van der Waals surface area contributed by atoms with Crippen LogP contribution in [0.1, 0.15) is 0 Å². The van der Waals surface area contributed by atoms with Crippen molar-refractivity contribution in [1.29, 1.82) is 0 Å². The predicted octanol–water partition coefficient (Wildman–Crippen LogP) is 2.27. The quantitative estimate of drug-likeness (QED) is 0.595. The van der Waals surface area contributed by atoms with E-state index in [1.54, 1.807) is 35.1 Å². The highest BCUT2D eigenvalue weighted by Gasteiger charge is 2.23. The molecule has 0 N–H and O–H groups in total. The Bertz CT molecular complexity index is 960. The fourth-order valence-electron chi connectivity index (χ4n) is 2.83. The molecule has 1 aliphatic heterocycles. The summed E-state index contributed by atoms with van der Waals surface area (Å²) < 4.78 is 1.70. The Kier molecular flexibility index (Phi) is 5.33. The van der Waals surface area contributed by atoms with Crippen LogP contribution in [-0.4, -0.2) is 67.3 Å². The highest BCUT2D eigenvalue weighted by atomic mass is 35.5. The second-order valence-electron chi connectivity index (χ2n) is 5.89. The molecule has 4 heterocycles. The molecule has 1 fully saturated rings. The monoisotopic (exact) mass is 423 g/mol. The molecule has 3 aromatic heterocycles. The molecule has 0 spiro atoms. The maximum atomic E-state index is 12.6. The molecule has 1 aliphatic rings. The van der Waals surface area contributed by atoms with Crippen LogP contribution in [0.15, 0.2) is 35.9 Å². The van der Waals surface area contributed by atoms with E-state index >= 15 is 0 Å². The number of piperazine rings is 1. The number of carbonyl (C=O) groups excluding carboxylic acids is 1. The lowest BCUT2D eigenvalue weighted by molar-refractivity contribution is -0.128. The van der Waals surface area contributed by atoms with Gasteiger partial charge in [-0.3, -0.25) is 9.20 Å². The number of nitrogens with zero attached hydrogens (tertiary/aromatic N) is 7. The molecule has 0 aromatic carbocycles. The molecule has 27 heavy (non-hydrogen) atoms. The first-order valence-electron chi connectivity index (χ1n) is 8.24. The fraction of sp³-hybridized carbons (Fsp3) is 0.312. The number of amides is 1. The van der Waals surface area contributed by atoms with Crippen LogP contribution >= 0.6 is 35.0 Å². The Balaban J connectivity index is 1.35. The van der Waals surface area contributed by atoms with Gasteiger partial charge in [0.2, 0.25) is 11.9 Å². The zero-order chi connectivity index (χ0) is 18.8. The summed E-state index contributed by atoms with van der Waals surface area (Å²) in [5.74, 6) is 1.02. The minimum Gasteiger partial charge on any atom is -0.338 e. The van der Waals surface area contributed by atoms with Gasteiger partial charge in [-0.15, -0.1) is 10.2 Å². The van der Waals surface area contributed by atoms with Crippen LogP contribution in [0, 0.1) is 0 Å². The molecule has 1 amide bonds. The number of hydrogen-bond donors (Lipinski definition) is 0. The second kappa shape index (κ2) is 7.87. The number of thioether (sulfide) groups is 1. The van der Waals surface area contributed by atoms with Gasteiger partial charge in [0.1, 0.15) is 0 Å². The van der Waals surface area contributed by atoms with E-state index in [9.17, 15) is 4.79 Å². The van der Waals surface area contributed by atoms with Gasteiger partial charge in [0.05, 0.1) is 15.8 Å². The van der Waals surface area contributed by atoms with E-state index < -0.39 is 0 Å². The standard InChI is InChI=1S/C16H15Cl2N7OS/c17-11-8-12(18)14-21-22-16(25(14)9-11)27-10-13(26)23-4-6-24(7-5-23)15-19-2-1-3-20-15/h1-3,8-9H,4-7,10H2. The number of anilines is 1. The topological polar surface area (TPSA) is 79.5 Å². The third-order valence-electron chi connectivity index (χ3n) is 4.19. The maximum absolute atomic E-state index is 12.6. The highest BCUT2D eigenvalue weighted by Crippen LogP contribution is 2.25. The highest BCUT2D eigenvalue weighted by molar-refractivity contribution is 7.99. The molecule has 0 unspecified atom stereocenters. The molecule has 0 radical (unpaired) electrons. The van der Waals surface area contributed by atoms with Crippen molar-refractivity contribution >= 4 is 52.5 Å². The lowest BCUT2D eigenvalue weighted by Crippen LogP contribution is -2.49. The molecule has 0 bridgehead atoms. The van der Waals surface area contributed by atoms with Crippen molar-refractivity contribution in [2.45, 2.75) is 5.16 Å². The lowest BCUT2D eigenvalue weighted by Gasteiger charge is -2.34. The van der Waals surface area contributed by atoms with Crippen molar-refractivity contribution in [3.63, 3.8) is 0 Å². The smallest absolute Gasteiger partial charge is 0.233 e. The number of carbonyl (C=O) groups is 1. The Morgan fingerprint density at radius 3 is 2.59 bits per heavy atom. The second-order valence-corrected chi connectivity index (χ2v) is 7.67. The first kappa shape index (κ1) is 18.3. The average Bonchev–Trinajstić information content (AvgIpc) is 3.10. The molecule has 140 valence electrons. The summed E-state index contributed by atoms with van der Waals surface area (Å²) in [4.78, 5) is 25.0. The van der Waals surface area contributed by atoms with Gasteiger partial charge < -0.3 is 9.80 Å².